The average molecular weight is 295 g/mol. The van der Waals surface area contributed by atoms with Gasteiger partial charge in [0.15, 0.2) is 0 Å². The van der Waals surface area contributed by atoms with E-state index in [1.54, 1.807) is 11.8 Å². The second-order valence-corrected chi connectivity index (χ2v) is 6.68. The van der Waals surface area contributed by atoms with Crippen molar-refractivity contribution in [1.29, 1.82) is 0 Å². The maximum absolute atomic E-state index is 12.1. The van der Waals surface area contributed by atoms with E-state index in [1.165, 1.54) is 10.5 Å². The second-order valence-electron chi connectivity index (χ2n) is 5.20. The molecular weight excluding hydrogens is 270 g/mol. The lowest BCUT2D eigenvalue weighted by Crippen LogP contribution is -2.50. The van der Waals surface area contributed by atoms with Crippen molar-refractivity contribution in [3.05, 3.63) is 29.8 Å². The highest BCUT2D eigenvalue weighted by molar-refractivity contribution is 8.00. The third kappa shape index (κ3) is 4.53. The minimum absolute atomic E-state index is 0.181. The molecule has 0 amide bonds. The van der Waals surface area contributed by atoms with E-state index in [4.69, 9.17) is 4.74 Å². The van der Waals surface area contributed by atoms with Gasteiger partial charge in [-0.3, -0.25) is 4.79 Å². The molecule has 112 valence electrons. The third-order valence-corrected chi connectivity index (χ3v) is 4.68. The minimum Gasteiger partial charge on any atom is -0.465 e. The lowest BCUT2D eigenvalue weighted by atomic mass is 9.96. The Hall–Kier alpha value is -1.00. The van der Waals surface area contributed by atoms with Crippen molar-refractivity contribution >= 4 is 17.7 Å². The highest BCUT2D eigenvalue weighted by atomic mass is 32.2. The monoisotopic (exact) mass is 295 g/mol. The number of rotatable bonds is 7. The Balaban J connectivity index is 2.70. The smallest absolute Gasteiger partial charge is 0.326 e. The standard InChI is InChI=1S/C16H25NO2S/c1-6-19-15(18)16(4,17-5)11-13(3)20-14-10-8-7-9-12(14)2/h7-10,13,17H,6,11H2,1-5H3. The number of nitrogens with one attached hydrogen (secondary N) is 1. The summed E-state index contributed by atoms with van der Waals surface area (Å²) in [5.74, 6) is -0.181. The molecule has 3 nitrogen and oxygen atoms in total. The Morgan fingerprint density at radius 2 is 2.10 bits per heavy atom. The van der Waals surface area contributed by atoms with E-state index in [-0.39, 0.29) is 5.97 Å². The summed E-state index contributed by atoms with van der Waals surface area (Å²) in [6, 6.07) is 8.32. The van der Waals surface area contributed by atoms with Gasteiger partial charge in [-0.05, 0) is 45.9 Å². The fourth-order valence-corrected chi connectivity index (χ4v) is 3.36. The van der Waals surface area contributed by atoms with Crippen molar-refractivity contribution in [2.24, 2.45) is 0 Å². The van der Waals surface area contributed by atoms with E-state index in [9.17, 15) is 4.79 Å². The molecule has 0 aliphatic carbocycles. The molecule has 0 fully saturated rings. The zero-order valence-electron chi connectivity index (χ0n) is 13.0. The van der Waals surface area contributed by atoms with E-state index in [2.05, 4.69) is 31.3 Å². The SMILES string of the molecule is CCOC(=O)C(C)(CC(C)Sc1ccccc1C)NC. The molecular formula is C16H25NO2S. The van der Waals surface area contributed by atoms with Gasteiger partial charge in [-0.2, -0.15) is 0 Å². The van der Waals surface area contributed by atoms with Crippen LogP contribution in [0, 0.1) is 6.92 Å². The molecule has 0 saturated heterocycles. The first kappa shape index (κ1) is 17.1. The molecule has 0 radical (unpaired) electrons. The van der Waals surface area contributed by atoms with E-state index in [1.807, 2.05) is 33.0 Å². The molecule has 0 bridgehead atoms. The van der Waals surface area contributed by atoms with Crippen molar-refractivity contribution in [2.75, 3.05) is 13.7 Å². The number of ether oxygens (including phenoxy) is 1. The van der Waals surface area contributed by atoms with Gasteiger partial charge in [0.25, 0.3) is 0 Å². The Bertz CT molecular complexity index is 450. The van der Waals surface area contributed by atoms with Gasteiger partial charge in [-0.15, -0.1) is 11.8 Å². The fourth-order valence-electron chi connectivity index (χ4n) is 2.10. The quantitative estimate of drug-likeness (QED) is 0.618. The molecule has 0 aliphatic heterocycles. The lowest BCUT2D eigenvalue weighted by Gasteiger charge is -2.29. The number of aryl methyl sites for hydroxylation is 1. The first-order chi connectivity index (χ1) is 9.42. The number of likely N-dealkylation sites (N-methyl/N-ethyl adjacent to an activating group) is 1. The van der Waals surface area contributed by atoms with Crippen LogP contribution in [0.4, 0.5) is 0 Å². The number of hydrogen-bond acceptors (Lipinski definition) is 4. The van der Waals surface area contributed by atoms with Gasteiger partial charge < -0.3 is 10.1 Å². The number of carbonyl (C=O) groups is 1. The van der Waals surface area contributed by atoms with E-state index in [0.717, 1.165) is 6.42 Å². The summed E-state index contributed by atoms with van der Waals surface area (Å²) in [6.07, 6.45) is 0.724. The van der Waals surface area contributed by atoms with Crippen LogP contribution in [0.15, 0.2) is 29.2 Å². The van der Waals surface area contributed by atoms with Crippen LogP contribution in [0.1, 0.15) is 32.8 Å². The molecule has 20 heavy (non-hydrogen) atoms. The first-order valence-corrected chi connectivity index (χ1v) is 7.89. The topological polar surface area (TPSA) is 38.3 Å². The maximum atomic E-state index is 12.1. The maximum Gasteiger partial charge on any atom is 0.326 e. The van der Waals surface area contributed by atoms with Crippen LogP contribution in [0.25, 0.3) is 0 Å². The van der Waals surface area contributed by atoms with Crippen LogP contribution < -0.4 is 5.32 Å². The second kappa shape index (κ2) is 7.70. The van der Waals surface area contributed by atoms with Crippen molar-refractivity contribution in [3.63, 3.8) is 0 Å². The van der Waals surface area contributed by atoms with Gasteiger partial charge in [0, 0.05) is 10.1 Å². The molecule has 0 aliphatic rings. The van der Waals surface area contributed by atoms with Crippen molar-refractivity contribution in [1.82, 2.24) is 5.32 Å². The molecule has 0 aromatic heterocycles. The average Bonchev–Trinajstić information content (AvgIpc) is 2.41. The molecule has 2 atom stereocenters. The first-order valence-electron chi connectivity index (χ1n) is 7.01. The zero-order valence-corrected chi connectivity index (χ0v) is 13.8. The highest BCUT2D eigenvalue weighted by Gasteiger charge is 2.34. The van der Waals surface area contributed by atoms with Crippen LogP contribution in [0.5, 0.6) is 0 Å². The molecule has 4 heteroatoms. The van der Waals surface area contributed by atoms with Crippen molar-refractivity contribution in [3.8, 4) is 0 Å². The largest absolute Gasteiger partial charge is 0.465 e. The third-order valence-electron chi connectivity index (χ3n) is 3.40. The number of esters is 1. The normalized spacial score (nSPS) is 15.4. The summed E-state index contributed by atoms with van der Waals surface area (Å²) in [5.41, 5.74) is 0.636. The van der Waals surface area contributed by atoms with Crippen LogP contribution >= 0.6 is 11.8 Å². The number of carbonyl (C=O) groups excluding carboxylic acids is 1. The predicted molar refractivity (Wildman–Crippen MR) is 85.2 cm³/mol. The summed E-state index contributed by atoms with van der Waals surface area (Å²) >= 11 is 1.80. The predicted octanol–water partition coefficient (Wildman–Crippen LogP) is 3.41. The van der Waals surface area contributed by atoms with Crippen molar-refractivity contribution < 1.29 is 9.53 Å². The molecule has 1 aromatic rings. The Morgan fingerprint density at radius 1 is 1.45 bits per heavy atom. The Morgan fingerprint density at radius 3 is 2.65 bits per heavy atom. The van der Waals surface area contributed by atoms with Gasteiger partial charge in [0.05, 0.1) is 6.61 Å². The summed E-state index contributed by atoms with van der Waals surface area (Å²) in [6.45, 7) is 8.40. The zero-order chi connectivity index (χ0) is 15.2. The van der Waals surface area contributed by atoms with Crippen LogP contribution in [0.3, 0.4) is 0 Å². The highest BCUT2D eigenvalue weighted by Crippen LogP contribution is 2.31. The summed E-state index contributed by atoms with van der Waals surface area (Å²) < 4.78 is 5.16. The van der Waals surface area contributed by atoms with Crippen LogP contribution in [0.2, 0.25) is 0 Å². The Labute approximate surface area is 126 Å². The van der Waals surface area contributed by atoms with Gasteiger partial charge in [-0.1, -0.05) is 25.1 Å². The number of thioether (sulfide) groups is 1. The van der Waals surface area contributed by atoms with Crippen LogP contribution in [-0.4, -0.2) is 30.4 Å². The molecule has 1 aromatic carbocycles. The number of benzene rings is 1. The molecule has 0 saturated carbocycles. The van der Waals surface area contributed by atoms with Crippen LogP contribution in [-0.2, 0) is 9.53 Å². The van der Waals surface area contributed by atoms with E-state index < -0.39 is 5.54 Å². The van der Waals surface area contributed by atoms with Crippen molar-refractivity contribution in [2.45, 2.75) is 49.8 Å². The molecule has 0 heterocycles. The summed E-state index contributed by atoms with van der Waals surface area (Å²) in [4.78, 5) is 13.3. The fraction of sp³-hybridized carbons (Fsp3) is 0.562. The van der Waals surface area contributed by atoms with Gasteiger partial charge >= 0.3 is 5.97 Å². The van der Waals surface area contributed by atoms with E-state index in [0.29, 0.717) is 11.9 Å². The molecule has 2 unspecified atom stereocenters. The molecule has 0 spiro atoms. The summed E-state index contributed by atoms with van der Waals surface area (Å²) in [5, 5.41) is 3.42. The molecule has 1 N–H and O–H groups in total. The van der Waals surface area contributed by atoms with Gasteiger partial charge in [-0.25, -0.2) is 0 Å². The minimum atomic E-state index is -0.634. The molecule has 1 rings (SSSR count). The van der Waals surface area contributed by atoms with Gasteiger partial charge in [0.1, 0.15) is 5.54 Å². The lowest BCUT2D eigenvalue weighted by molar-refractivity contribution is -0.150. The number of hydrogen-bond donors (Lipinski definition) is 1. The Kier molecular flexibility index (Phi) is 6.56. The summed E-state index contributed by atoms with van der Waals surface area (Å²) in [7, 11) is 1.81. The van der Waals surface area contributed by atoms with E-state index >= 15 is 0 Å². The van der Waals surface area contributed by atoms with Gasteiger partial charge in [0.2, 0.25) is 0 Å².